The molecule has 36 heavy (non-hydrogen) atoms. The first-order valence-electron chi connectivity index (χ1n) is 10.0. The van der Waals surface area contributed by atoms with Crippen LogP contribution in [-0.4, -0.2) is 46.3 Å². The van der Waals surface area contributed by atoms with Crippen LogP contribution in [0.25, 0.3) is 17.2 Å². The van der Waals surface area contributed by atoms with Crippen LogP contribution in [0.4, 0.5) is 26.3 Å². The Morgan fingerprint density at radius 1 is 1.00 bits per heavy atom. The van der Waals surface area contributed by atoms with Gasteiger partial charge in [-0.3, -0.25) is 4.57 Å². The minimum absolute atomic E-state index is 0.125. The Morgan fingerprint density at radius 3 is 2.33 bits per heavy atom. The zero-order valence-electron chi connectivity index (χ0n) is 17.9. The van der Waals surface area contributed by atoms with Crippen LogP contribution in [0.15, 0.2) is 53.7 Å². The van der Waals surface area contributed by atoms with E-state index in [2.05, 4.69) is 20.2 Å². The lowest BCUT2D eigenvalue weighted by Gasteiger charge is -2.16. The van der Waals surface area contributed by atoms with Gasteiger partial charge in [0.1, 0.15) is 24.5 Å². The highest BCUT2D eigenvalue weighted by Crippen LogP contribution is 2.32. The summed E-state index contributed by atoms with van der Waals surface area (Å²) >= 11 is 5.86. The molecule has 0 fully saturated rings. The van der Waals surface area contributed by atoms with Crippen molar-refractivity contribution in [2.24, 2.45) is 5.73 Å². The van der Waals surface area contributed by atoms with Gasteiger partial charge in [-0.1, -0.05) is 11.6 Å². The van der Waals surface area contributed by atoms with Crippen molar-refractivity contribution in [3.05, 3.63) is 75.8 Å². The van der Waals surface area contributed by atoms with Gasteiger partial charge in [-0.25, -0.2) is 24.1 Å². The van der Waals surface area contributed by atoms with E-state index in [0.29, 0.717) is 5.02 Å². The molecule has 0 saturated heterocycles. The summed E-state index contributed by atoms with van der Waals surface area (Å²) in [5, 5.41) is 8.37. The minimum Gasteiger partial charge on any atom is -0.319 e. The molecule has 1 aromatic carbocycles. The summed E-state index contributed by atoms with van der Waals surface area (Å²) in [7, 11) is 0. The van der Waals surface area contributed by atoms with E-state index in [1.165, 1.54) is 24.3 Å². The van der Waals surface area contributed by atoms with Crippen LogP contribution in [0, 0.1) is 0 Å². The van der Waals surface area contributed by atoms with Gasteiger partial charge in [-0.05, 0) is 36.4 Å². The maximum atomic E-state index is 13.3. The monoisotopic (exact) mass is 532 g/mol. The first-order chi connectivity index (χ1) is 16.8. The lowest BCUT2D eigenvalue weighted by molar-refractivity contribution is -0.150. The van der Waals surface area contributed by atoms with Crippen LogP contribution in [0.1, 0.15) is 11.4 Å². The second-order valence-corrected chi connectivity index (χ2v) is 7.94. The lowest BCUT2D eigenvalue weighted by atomic mass is 10.2. The fourth-order valence-electron chi connectivity index (χ4n) is 3.23. The van der Waals surface area contributed by atoms with Crippen molar-refractivity contribution >= 4 is 11.6 Å². The number of hydrogen-bond donors (Lipinski definition) is 1. The molecule has 3 aromatic heterocycles. The molecule has 0 bridgehead atoms. The number of alkyl halides is 6. The largest absolute Gasteiger partial charge is 0.420 e. The molecule has 1 atom stereocenters. The maximum absolute atomic E-state index is 13.3. The molecule has 2 N–H and O–H groups in total. The molecule has 0 saturated carbocycles. The molecule has 16 heteroatoms. The number of nitrogens with zero attached hydrogens (tertiary/aromatic N) is 7. The Labute approximate surface area is 202 Å². The summed E-state index contributed by atoms with van der Waals surface area (Å²) in [4.78, 5) is 20.5. The number of halogens is 7. The zero-order valence-corrected chi connectivity index (χ0v) is 18.6. The van der Waals surface area contributed by atoms with Crippen LogP contribution in [-0.2, 0) is 19.3 Å². The summed E-state index contributed by atoms with van der Waals surface area (Å²) in [6.45, 7) is -1.38. The average Bonchev–Trinajstić information content (AvgIpc) is 3.39. The van der Waals surface area contributed by atoms with Crippen molar-refractivity contribution in [1.29, 1.82) is 0 Å². The summed E-state index contributed by atoms with van der Waals surface area (Å²) < 4.78 is 81.5. The Hall–Kier alpha value is -3.72. The third-order valence-corrected chi connectivity index (χ3v) is 5.22. The van der Waals surface area contributed by atoms with Gasteiger partial charge >= 0.3 is 18.0 Å². The summed E-state index contributed by atoms with van der Waals surface area (Å²) in [5.41, 5.74) is 3.50. The molecule has 0 radical (unpaired) electrons. The van der Waals surface area contributed by atoms with Crippen molar-refractivity contribution in [3.8, 4) is 17.2 Å². The Bertz CT molecular complexity index is 1420. The van der Waals surface area contributed by atoms with Crippen LogP contribution < -0.4 is 11.4 Å². The average molecular weight is 533 g/mol. The minimum atomic E-state index is -4.78. The molecule has 9 nitrogen and oxygen atoms in total. The molecule has 0 aliphatic rings. The predicted molar refractivity (Wildman–Crippen MR) is 114 cm³/mol. The number of pyridine rings is 1. The number of rotatable bonds is 6. The highest BCUT2D eigenvalue weighted by molar-refractivity contribution is 6.30. The zero-order chi connectivity index (χ0) is 26.3. The molecular formula is C20H15ClF6N8O. The van der Waals surface area contributed by atoms with Crippen LogP contribution >= 0.6 is 11.6 Å². The molecule has 0 spiro atoms. The third kappa shape index (κ3) is 5.26. The molecule has 0 aliphatic carbocycles. The van der Waals surface area contributed by atoms with E-state index in [9.17, 15) is 31.1 Å². The first-order valence-corrected chi connectivity index (χ1v) is 10.4. The van der Waals surface area contributed by atoms with E-state index >= 15 is 0 Å². The maximum Gasteiger partial charge on any atom is 0.420 e. The highest BCUT2D eigenvalue weighted by atomic mass is 35.5. The first kappa shape index (κ1) is 25.4. The molecular weight excluding hydrogens is 518 g/mol. The molecule has 4 aromatic rings. The van der Waals surface area contributed by atoms with Gasteiger partial charge in [0.15, 0.2) is 17.5 Å². The van der Waals surface area contributed by atoms with Crippen molar-refractivity contribution in [3.63, 3.8) is 0 Å². The molecule has 0 aliphatic heterocycles. The quantitative estimate of drug-likeness (QED) is 0.382. The number of aromatic nitrogens is 7. The normalized spacial score (nSPS) is 13.2. The highest BCUT2D eigenvalue weighted by Gasteiger charge is 2.38. The smallest absolute Gasteiger partial charge is 0.319 e. The van der Waals surface area contributed by atoms with Crippen molar-refractivity contribution in [2.75, 3.05) is 0 Å². The Balaban J connectivity index is 1.71. The summed E-state index contributed by atoms with van der Waals surface area (Å²) in [5.74, 6) is -0.803. The van der Waals surface area contributed by atoms with Crippen molar-refractivity contribution in [1.82, 2.24) is 34.1 Å². The van der Waals surface area contributed by atoms with Gasteiger partial charge in [0, 0.05) is 16.8 Å². The van der Waals surface area contributed by atoms with Gasteiger partial charge in [0.25, 0.3) is 0 Å². The van der Waals surface area contributed by atoms with E-state index in [4.69, 9.17) is 17.3 Å². The SMILES string of the molecule is N[C@H](Cn1c(-c2ccc(Cl)cc2)nn(Cc2ncn(-c3ncccc3C(F)(F)F)n2)c1=O)C(F)(F)F. The van der Waals surface area contributed by atoms with Crippen LogP contribution in [0.5, 0.6) is 0 Å². The van der Waals surface area contributed by atoms with Gasteiger partial charge in [0.2, 0.25) is 0 Å². The standard InChI is InChI=1S/C20H15ClF6N8O/c21-12-5-3-11(4-6-12)16-32-34(18(36)33(16)8-14(28)20(25,26)27)9-15-30-10-35(31-15)17-13(19(22,23)24)2-1-7-29-17/h1-7,10,14H,8-9,28H2/t14-/m1/s1. The second-order valence-electron chi connectivity index (χ2n) is 7.51. The number of hydrogen-bond acceptors (Lipinski definition) is 6. The summed E-state index contributed by atoms with van der Waals surface area (Å²) in [6.07, 6.45) is -7.39. The number of nitrogens with two attached hydrogens (primary N) is 1. The van der Waals surface area contributed by atoms with Crippen molar-refractivity contribution in [2.45, 2.75) is 31.5 Å². The van der Waals surface area contributed by atoms with Gasteiger partial charge < -0.3 is 5.73 Å². The fraction of sp³-hybridized carbons (Fsp3) is 0.250. The molecule has 0 unspecified atom stereocenters. The molecule has 190 valence electrons. The molecule has 4 rings (SSSR count). The lowest BCUT2D eigenvalue weighted by Crippen LogP contribution is -2.43. The van der Waals surface area contributed by atoms with E-state index < -0.39 is 48.6 Å². The molecule has 0 amide bonds. The third-order valence-electron chi connectivity index (χ3n) is 4.96. The van der Waals surface area contributed by atoms with E-state index in [1.54, 1.807) is 0 Å². The van der Waals surface area contributed by atoms with Crippen LogP contribution in [0.2, 0.25) is 5.02 Å². The Kier molecular flexibility index (Phi) is 6.62. The van der Waals surface area contributed by atoms with Crippen LogP contribution in [0.3, 0.4) is 0 Å². The van der Waals surface area contributed by atoms with E-state index in [0.717, 1.165) is 38.6 Å². The van der Waals surface area contributed by atoms with Crippen molar-refractivity contribution < 1.29 is 26.3 Å². The van der Waals surface area contributed by atoms with Gasteiger partial charge in [0.05, 0.1) is 6.54 Å². The number of benzene rings is 1. The van der Waals surface area contributed by atoms with Gasteiger partial charge in [-0.15, -0.1) is 10.2 Å². The fourth-order valence-corrected chi connectivity index (χ4v) is 3.35. The van der Waals surface area contributed by atoms with E-state index in [-0.39, 0.29) is 17.2 Å². The summed E-state index contributed by atoms with van der Waals surface area (Å²) in [6, 6.07) is 5.40. The predicted octanol–water partition coefficient (Wildman–Crippen LogP) is 3.30. The Morgan fingerprint density at radius 2 is 1.69 bits per heavy atom. The van der Waals surface area contributed by atoms with Gasteiger partial charge in [-0.2, -0.15) is 26.3 Å². The topological polar surface area (TPSA) is 109 Å². The van der Waals surface area contributed by atoms with E-state index in [1.807, 2.05) is 0 Å². The second kappa shape index (κ2) is 9.39. The molecule has 3 heterocycles.